The zero-order chi connectivity index (χ0) is 15.6. The Morgan fingerprint density at radius 2 is 1.95 bits per heavy atom. The fourth-order valence-electron chi connectivity index (χ4n) is 2.81. The highest BCUT2D eigenvalue weighted by molar-refractivity contribution is 5.63. The summed E-state index contributed by atoms with van der Waals surface area (Å²) in [6.45, 7) is 1.70. The maximum absolute atomic E-state index is 13.0. The van der Waals surface area contributed by atoms with Crippen molar-refractivity contribution in [1.29, 1.82) is 0 Å². The molecule has 0 amide bonds. The van der Waals surface area contributed by atoms with E-state index >= 15 is 0 Å². The molecule has 0 bridgehead atoms. The molecule has 0 aliphatic heterocycles. The second-order valence-corrected chi connectivity index (χ2v) is 5.46. The molecule has 0 heterocycles. The van der Waals surface area contributed by atoms with Gasteiger partial charge in [-0.1, -0.05) is 18.9 Å². The summed E-state index contributed by atoms with van der Waals surface area (Å²) < 4.78 is 39.1. The van der Waals surface area contributed by atoms with Gasteiger partial charge >= 0.3 is 6.18 Å². The van der Waals surface area contributed by atoms with E-state index in [2.05, 4.69) is 5.32 Å². The summed E-state index contributed by atoms with van der Waals surface area (Å²) in [6.07, 6.45) is -2.60. The summed E-state index contributed by atoms with van der Waals surface area (Å²) in [7, 11) is 0. The Kier molecular flexibility index (Phi) is 4.39. The molecule has 1 aliphatic carbocycles. The van der Waals surface area contributed by atoms with Crippen molar-refractivity contribution in [3.05, 3.63) is 33.9 Å². The van der Waals surface area contributed by atoms with Crippen LogP contribution in [0.5, 0.6) is 0 Å². The van der Waals surface area contributed by atoms with Gasteiger partial charge in [-0.25, -0.2) is 0 Å². The first-order valence-corrected chi connectivity index (χ1v) is 6.87. The number of rotatable bonds is 3. The van der Waals surface area contributed by atoms with E-state index < -0.39 is 23.1 Å². The number of benzene rings is 1. The molecule has 2 atom stereocenters. The van der Waals surface area contributed by atoms with E-state index in [1.807, 2.05) is 0 Å². The first-order chi connectivity index (χ1) is 9.79. The molecule has 116 valence electrons. The monoisotopic (exact) mass is 302 g/mol. The number of nitro groups is 1. The van der Waals surface area contributed by atoms with Crippen molar-refractivity contribution in [1.82, 2.24) is 0 Å². The topological polar surface area (TPSA) is 55.2 Å². The molecule has 2 rings (SSSR count). The fourth-order valence-corrected chi connectivity index (χ4v) is 2.81. The Morgan fingerprint density at radius 1 is 1.29 bits per heavy atom. The van der Waals surface area contributed by atoms with Crippen molar-refractivity contribution >= 4 is 11.4 Å². The number of nitrogens with zero attached hydrogens (tertiary/aromatic N) is 1. The molecule has 1 aliphatic rings. The lowest BCUT2D eigenvalue weighted by molar-refractivity contribution is -0.384. The van der Waals surface area contributed by atoms with Crippen molar-refractivity contribution in [2.24, 2.45) is 5.92 Å². The van der Waals surface area contributed by atoms with Crippen LogP contribution >= 0.6 is 0 Å². The van der Waals surface area contributed by atoms with Gasteiger partial charge in [0.1, 0.15) is 5.69 Å². The SMILES string of the molecule is Cc1ccc(NC2CCCCC2C(F)(F)F)c([N+](=O)[O-])c1. The minimum absolute atomic E-state index is 0.0703. The molecule has 0 aromatic heterocycles. The minimum Gasteiger partial charge on any atom is -0.376 e. The lowest BCUT2D eigenvalue weighted by atomic mass is 9.84. The van der Waals surface area contributed by atoms with Crippen LogP contribution in [0.2, 0.25) is 0 Å². The lowest BCUT2D eigenvalue weighted by Crippen LogP contribution is -2.41. The van der Waals surface area contributed by atoms with Crippen molar-refractivity contribution in [2.45, 2.75) is 44.8 Å². The van der Waals surface area contributed by atoms with Crippen molar-refractivity contribution < 1.29 is 18.1 Å². The Hall–Kier alpha value is -1.79. The van der Waals surface area contributed by atoms with Gasteiger partial charge in [0.05, 0.1) is 10.8 Å². The standard InChI is InChI=1S/C14H17F3N2O2/c1-9-6-7-12(13(8-9)19(20)21)18-11-5-3-2-4-10(11)14(15,16)17/h6-8,10-11,18H,2-5H2,1H3. The molecular weight excluding hydrogens is 285 g/mol. The summed E-state index contributed by atoms with van der Waals surface area (Å²) in [4.78, 5) is 10.5. The van der Waals surface area contributed by atoms with E-state index in [0.29, 0.717) is 24.8 Å². The quantitative estimate of drug-likeness (QED) is 0.663. The first-order valence-electron chi connectivity index (χ1n) is 6.87. The van der Waals surface area contributed by atoms with E-state index in [-0.39, 0.29) is 17.8 Å². The largest absolute Gasteiger partial charge is 0.393 e. The lowest BCUT2D eigenvalue weighted by Gasteiger charge is -2.34. The Bertz CT molecular complexity index is 531. The van der Waals surface area contributed by atoms with Crippen LogP contribution in [0.4, 0.5) is 24.5 Å². The van der Waals surface area contributed by atoms with Crippen LogP contribution in [0.1, 0.15) is 31.2 Å². The van der Waals surface area contributed by atoms with E-state index in [0.717, 1.165) is 0 Å². The molecule has 1 saturated carbocycles. The average Bonchev–Trinajstić information content (AvgIpc) is 2.40. The molecule has 4 nitrogen and oxygen atoms in total. The third-order valence-electron chi connectivity index (χ3n) is 3.88. The second kappa shape index (κ2) is 5.91. The van der Waals surface area contributed by atoms with Crippen LogP contribution in [0.15, 0.2) is 18.2 Å². The molecule has 21 heavy (non-hydrogen) atoms. The molecule has 0 saturated heterocycles. The number of hydrogen-bond donors (Lipinski definition) is 1. The van der Waals surface area contributed by atoms with Crippen molar-refractivity contribution in [2.75, 3.05) is 5.32 Å². The van der Waals surface area contributed by atoms with Crippen LogP contribution in [0.3, 0.4) is 0 Å². The molecule has 2 unspecified atom stereocenters. The summed E-state index contributed by atoms with van der Waals surface area (Å²) >= 11 is 0. The zero-order valence-corrected chi connectivity index (χ0v) is 11.6. The van der Waals surface area contributed by atoms with Crippen LogP contribution in [-0.2, 0) is 0 Å². The van der Waals surface area contributed by atoms with Gasteiger partial charge in [-0.3, -0.25) is 10.1 Å². The average molecular weight is 302 g/mol. The van der Waals surface area contributed by atoms with Crippen molar-refractivity contribution in [3.63, 3.8) is 0 Å². The Morgan fingerprint density at radius 3 is 2.57 bits per heavy atom. The summed E-state index contributed by atoms with van der Waals surface area (Å²) in [5.41, 5.74) is 0.677. The number of alkyl halides is 3. The Labute approximate surface area is 120 Å². The minimum atomic E-state index is -4.28. The number of hydrogen-bond acceptors (Lipinski definition) is 3. The molecule has 1 fully saturated rings. The molecule has 0 radical (unpaired) electrons. The smallest absolute Gasteiger partial charge is 0.376 e. The van der Waals surface area contributed by atoms with Crippen LogP contribution in [-0.4, -0.2) is 17.1 Å². The summed E-state index contributed by atoms with van der Waals surface area (Å²) in [6, 6.07) is 3.70. The van der Waals surface area contributed by atoms with Crippen molar-refractivity contribution in [3.8, 4) is 0 Å². The maximum atomic E-state index is 13.0. The maximum Gasteiger partial charge on any atom is 0.393 e. The van der Waals surface area contributed by atoms with Gasteiger partial charge in [0.25, 0.3) is 5.69 Å². The highest BCUT2D eigenvalue weighted by atomic mass is 19.4. The molecular formula is C14H17F3N2O2. The molecule has 1 aromatic rings. The molecule has 1 aromatic carbocycles. The van der Waals surface area contributed by atoms with Gasteiger partial charge in [0.2, 0.25) is 0 Å². The predicted molar refractivity (Wildman–Crippen MR) is 73.3 cm³/mol. The van der Waals surface area contributed by atoms with Crippen LogP contribution in [0, 0.1) is 23.0 Å². The molecule has 7 heteroatoms. The van der Waals surface area contributed by atoms with Gasteiger partial charge in [-0.05, 0) is 31.4 Å². The van der Waals surface area contributed by atoms with Gasteiger partial charge in [0, 0.05) is 12.1 Å². The number of nitrogens with one attached hydrogen (secondary N) is 1. The number of nitro benzene ring substituents is 1. The number of anilines is 1. The third-order valence-corrected chi connectivity index (χ3v) is 3.88. The number of aryl methyl sites for hydroxylation is 1. The van der Waals surface area contributed by atoms with E-state index in [4.69, 9.17) is 0 Å². The summed E-state index contributed by atoms with van der Waals surface area (Å²) in [5.74, 6) is -1.45. The normalized spacial score (nSPS) is 22.9. The van der Waals surface area contributed by atoms with Crippen LogP contribution < -0.4 is 5.32 Å². The summed E-state index contributed by atoms with van der Waals surface area (Å²) in [5, 5.41) is 13.8. The van der Waals surface area contributed by atoms with Gasteiger partial charge in [-0.2, -0.15) is 13.2 Å². The van der Waals surface area contributed by atoms with Gasteiger partial charge < -0.3 is 5.32 Å². The third kappa shape index (κ3) is 3.65. The second-order valence-electron chi connectivity index (χ2n) is 5.46. The van der Waals surface area contributed by atoms with Gasteiger partial charge in [-0.15, -0.1) is 0 Å². The number of halogens is 3. The zero-order valence-electron chi connectivity index (χ0n) is 11.6. The van der Waals surface area contributed by atoms with E-state index in [1.165, 1.54) is 12.1 Å². The predicted octanol–water partition coefficient (Wildman–Crippen LogP) is 4.44. The van der Waals surface area contributed by atoms with E-state index in [9.17, 15) is 23.3 Å². The first kappa shape index (κ1) is 15.6. The molecule has 0 spiro atoms. The molecule has 1 N–H and O–H groups in total. The highest BCUT2D eigenvalue weighted by Gasteiger charge is 2.45. The van der Waals surface area contributed by atoms with E-state index in [1.54, 1.807) is 13.0 Å². The highest BCUT2D eigenvalue weighted by Crippen LogP contribution is 2.40. The van der Waals surface area contributed by atoms with Crippen LogP contribution in [0.25, 0.3) is 0 Å². The fraction of sp³-hybridized carbons (Fsp3) is 0.571. The Balaban J connectivity index is 2.25. The van der Waals surface area contributed by atoms with Gasteiger partial charge in [0.15, 0.2) is 0 Å².